The summed E-state index contributed by atoms with van der Waals surface area (Å²) in [6, 6.07) is 16.4. The van der Waals surface area contributed by atoms with Gasteiger partial charge in [0.1, 0.15) is 5.52 Å². The summed E-state index contributed by atoms with van der Waals surface area (Å²) in [6.45, 7) is 1.94. The fourth-order valence-electron chi connectivity index (χ4n) is 3.49. The number of imidazole rings is 1. The Bertz CT molecular complexity index is 1460. The number of carboxylic acid groups (broad SMARTS) is 1. The molecule has 0 saturated heterocycles. The number of anilines is 3. The van der Waals surface area contributed by atoms with Gasteiger partial charge < -0.3 is 20.6 Å². The van der Waals surface area contributed by atoms with Gasteiger partial charge in [-0.25, -0.2) is 14.6 Å². The first-order valence-electron chi connectivity index (χ1n) is 10.8. The molecule has 9 nitrogen and oxygen atoms in total. The first-order valence-corrected chi connectivity index (χ1v) is 11.7. The molecule has 37 heavy (non-hydrogen) atoms. The maximum absolute atomic E-state index is 12.8. The zero-order valence-corrected chi connectivity index (χ0v) is 20.0. The molecular weight excluding hydrogens is 511 g/mol. The number of thioether (sulfide) groups is 1. The average Bonchev–Trinajstić information content (AvgIpc) is 3.16. The van der Waals surface area contributed by atoms with Crippen molar-refractivity contribution in [3.63, 3.8) is 0 Å². The largest absolute Gasteiger partial charge is 0.465 e. The van der Waals surface area contributed by atoms with Crippen LogP contribution in [0.4, 0.5) is 40.1 Å². The van der Waals surface area contributed by atoms with E-state index in [-0.39, 0.29) is 39.7 Å². The molecular formula is C24H20F3N5O4S. The number of benzene rings is 3. The molecule has 0 aliphatic heterocycles. The van der Waals surface area contributed by atoms with Crippen LogP contribution in [-0.2, 0) is 6.42 Å². The van der Waals surface area contributed by atoms with Gasteiger partial charge >= 0.3 is 17.6 Å². The summed E-state index contributed by atoms with van der Waals surface area (Å²) < 4.78 is 39.7. The van der Waals surface area contributed by atoms with Crippen LogP contribution >= 0.6 is 11.8 Å². The lowest BCUT2D eigenvalue weighted by Gasteiger charge is -2.14. The second-order valence-corrected chi connectivity index (χ2v) is 8.65. The predicted octanol–water partition coefficient (Wildman–Crippen LogP) is 6.79. The SMILES string of the molecule is CCc1cccc2c1nc(NC(=O)O)n2Oc1cccc(NC(=O)Nc2ccccc2SC(F)(F)F)c1. The van der Waals surface area contributed by atoms with Crippen LogP contribution in [0.1, 0.15) is 12.5 Å². The minimum Gasteiger partial charge on any atom is -0.465 e. The molecule has 1 heterocycles. The van der Waals surface area contributed by atoms with Gasteiger partial charge in [0.15, 0.2) is 5.75 Å². The molecule has 0 saturated carbocycles. The molecule has 3 amide bonds. The zero-order chi connectivity index (χ0) is 26.6. The highest BCUT2D eigenvalue weighted by Gasteiger charge is 2.30. The van der Waals surface area contributed by atoms with Crippen LogP contribution in [0.2, 0.25) is 0 Å². The number of carbonyl (C=O) groups is 2. The zero-order valence-electron chi connectivity index (χ0n) is 19.2. The molecule has 4 aromatic rings. The van der Waals surface area contributed by atoms with Crippen molar-refractivity contribution in [3.05, 3.63) is 72.3 Å². The van der Waals surface area contributed by atoms with E-state index in [1.807, 2.05) is 13.0 Å². The van der Waals surface area contributed by atoms with Gasteiger partial charge in [0.05, 0.1) is 11.2 Å². The maximum Gasteiger partial charge on any atom is 0.446 e. The van der Waals surface area contributed by atoms with E-state index in [0.29, 0.717) is 17.5 Å². The van der Waals surface area contributed by atoms with Crippen molar-refractivity contribution in [2.45, 2.75) is 23.7 Å². The van der Waals surface area contributed by atoms with Crippen molar-refractivity contribution in [1.82, 2.24) is 9.71 Å². The fraction of sp³-hybridized carbons (Fsp3) is 0.125. The molecule has 13 heteroatoms. The summed E-state index contributed by atoms with van der Waals surface area (Å²) in [7, 11) is 0. The molecule has 0 unspecified atom stereocenters. The second-order valence-electron chi connectivity index (χ2n) is 7.54. The number of amides is 3. The fourth-order valence-corrected chi connectivity index (χ4v) is 4.12. The summed E-state index contributed by atoms with van der Waals surface area (Å²) in [5.41, 5.74) is -2.25. The van der Waals surface area contributed by atoms with Crippen LogP contribution in [0.25, 0.3) is 11.0 Å². The Hall–Kier alpha value is -4.39. The van der Waals surface area contributed by atoms with E-state index in [2.05, 4.69) is 20.9 Å². The number of halogens is 3. The Kier molecular flexibility index (Phi) is 7.43. The molecule has 192 valence electrons. The van der Waals surface area contributed by atoms with Gasteiger partial charge in [0, 0.05) is 16.6 Å². The number of aromatic nitrogens is 2. The minimum absolute atomic E-state index is 0.00395. The summed E-state index contributed by atoms with van der Waals surface area (Å²) in [6.07, 6.45) is -0.658. The van der Waals surface area contributed by atoms with Gasteiger partial charge in [-0.15, -0.1) is 4.73 Å². The molecule has 0 bridgehead atoms. The van der Waals surface area contributed by atoms with Crippen LogP contribution in [-0.4, -0.2) is 32.5 Å². The average molecular weight is 532 g/mol. The van der Waals surface area contributed by atoms with Crippen molar-refractivity contribution >= 4 is 52.2 Å². The van der Waals surface area contributed by atoms with E-state index >= 15 is 0 Å². The highest BCUT2D eigenvalue weighted by molar-refractivity contribution is 8.00. The number of para-hydroxylation sites is 2. The Morgan fingerprint density at radius 3 is 2.51 bits per heavy atom. The van der Waals surface area contributed by atoms with E-state index in [9.17, 15) is 27.9 Å². The smallest absolute Gasteiger partial charge is 0.446 e. The summed E-state index contributed by atoms with van der Waals surface area (Å²) in [5.74, 6) is 0.179. The van der Waals surface area contributed by atoms with Gasteiger partial charge in [-0.05, 0) is 54.1 Å². The van der Waals surface area contributed by atoms with Crippen LogP contribution in [0.5, 0.6) is 5.75 Å². The van der Waals surface area contributed by atoms with Gasteiger partial charge in [-0.1, -0.05) is 37.3 Å². The van der Waals surface area contributed by atoms with Crippen LogP contribution in [0.15, 0.2) is 71.6 Å². The first-order chi connectivity index (χ1) is 17.6. The van der Waals surface area contributed by atoms with Crippen LogP contribution in [0.3, 0.4) is 0 Å². The van der Waals surface area contributed by atoms with Crippen molar-refractivity contribution in [3.8, 4) is 5.75 Å². The van der Waals surface area contributed by atoms with Crippen molar-refractivity contribution in [2.24, 2.45) is 0 Å². The lowest BCUT2D eigenvalue weighted by molar-refractivity contribution is -0.0328. The van der Waals surface area contributed by atoms with Crippen molar-refractivity contribution in [1.29, 1.82) is 0 Å². The maximum atomic E-state index is 12.8. The number of carbonyl (C=O) groups excluding carboxylic acids is 1. The number of nitrogens with one attached hydrogen (secondary N) is 3. The topological polar surface area (TPSA) is 118 Å². The molecule has 0 atom stereocenters. The van der Waals surface area contributed by atoms with Gasteiger partial charge in [-0.3, -0.25) is 5.32 Å². The number of hydrogen-bond donors (Lipinski definition) is 4. The lowest BCUT2D eigenvalue weighted by Crippen LogP contribution is -2.20. The Labute approximate surface area is 212 Å². The van der Waals surface area contributed by atoms with Crippen LogP contribution in [0, 0.1) is 0 Å². The number of alkyl halides is 3. The van der Waals surface area contributed by atoms with Gasteiger partial charge in [-0.2, -0.15) is 13.2 Å². The number of rotatable bonds is 7. The molecule has 0 aliphatic rings. The summed E-state index contributed by atoms with van der Waals surface area (Å²) in [5, 5.41) is 16.4. The number of hydrogen-bond acceptors (Lipinski definition) is 5. The highest BCUT2D eigenvalue weighted by atomic mass is 32.2. The Morgan fingerprint density at radius 2 is 1.78 bits per heavy atom. The Balaban J connectivity index is 1.55. The van der Waals surface area contributed by atoms with E-state index in [1.165, 1.54) is 35.1 Å². The normalized spacial score (nSPS) is 11.2. The molecule has 0 spiro atoms. The molecule has 4 rings (SSSR count). The van der Waals surface area contributed by atoms with Gasteiger partial charge in [0.2, 0.25) is 5.95 Å². The van der Waals surface area contributed by atoms with E-state index in [1.54, 1.807) is 30.3 Å². The highest BCUT2D eigenvalue weighted by Crippen LogP contribution is 2.40. The molecule has 3 aromatic carbocycles. The summed E-state index contributed by atoms with van der Waals surface area (Å²) >= 11 is -0.330. The number of fused-ring (bicyclic) bond motifs is 1. The minimum atomic E-state index is -4.51. The molecule has 0 aliphatic carbocycles. The third kappa shape index (κ3) is 6.44. The molecule has 1 aromatic heterocycles. The van der Waals surface area contributed by atoms with Gasteiger partial charge in [0.25, 0.3) is 0 Å². The van der Waals surface area contributed by atoms with Crippen molar-refractivity contribution < 1.29 is 32.7 Å². The quantitative estimate of drug-likeness (QED) is 0.195. The van der Waals surface area contributed by atoms with E-state index in [4.69, 9.17) is 4.84 Å². The third-order valence-corrected chi connectivity index (χ3v) is 5.78. The molecule has 0 fully saturated rings. The summed E-state index contributed by atoms with van der Waals surface area (Å²) in [4.78, 5) is 33.9. The monoisotopic (exact) mass is 531 g/mol. The number of urea groups is 1. The first kappa shape index (κ1) is 25.7. The molecule has 0 radical (unpaired) electrons. The standard InChI is InChI=1S/C24H20F3N5O4S/c1-2-14-7-5-11-18-20(14)30-21(31-23(34)35)32(18)36-16-9-6-8-15(13-16)28-22(33)29-17-10-3-4-12-19(17)37-24(25,26)27/h3-13H,2H2,1H3,(H,30,31)(H,34,35)(H2,28,29,33). The number of nitrogens with zero attached hydrogens (tertiary/aromatic N) is 2. The number of aryl methyl sites for hydroxylation is 1. The Morgan fingerprint density at radius 1 is 1.03 bits per heavy atom. The van der Waals surface area contributed by atoms with Crippen LogP contribution < -0.4 is 20.8 Å². The molecule has 4 N–H and O–H groups in total. The van der Waals surface area contributed by atoms with E-state index in [0.717, 1.165) is 5.56 Å². The lowest BCUT2D eigenvalue weighted by atomic mass is 10.1. The van der Waals surface area contributed by atoms with Crippen molar-refractivity contribution in [2.75, 3.05) is 16.0 Å². The van der Waals surface area contributed by atoms with E-state index < -0.39 is 17.6 Å². The predicted molar refractivity (Wildman–Crippen MR) is 134 cm³/mol. The third-order valence-electron chi connectivity index (χ3n) is 4.98. The second kappa shape index (κ2) is 10.7.